The summed E-state index contributed by atoms with van der Waals surface area (Å²) in [6.45, 7) is 3.44. The Balaban J connectivity index is 2.28. The second kappa shape index (κ2) is 6.67. The minimum Gasteiger partial charge on any atom is -0.462 e. The van der Waals surface area contributed by atoms with Gasteiger partial charge in [0.2, 0.25) is 5.95 Å². The molecule has 23 heavy (non-hydrogen) atoms. The lowest BCUT2D eigenvalue weighted by molar-refractivity contribution is -0.141. The molecule has 0 aromatic carbocycles. The molecule has 0 amide bonds. The van der Waals surface area contributed by atoms with Crippen LogP contribution in [0.3, 0.4) is 0 Å². The van der Waals surface area contributed by atoms with Gasteiger partial charge in [-0.25, -0.2) is 19.7 Å². The summed E-state index contributed by atoms with van der Waals surface area (Å²) in [5.74, 6) is -0.924. The van der Waals surface area contributed by atoms with E-state index in [1.807, 2.05) is 0 Å². The van der Waals surface area contributed by atoms with Crippen molar-refractivity contribution in [2.45, 2.75) is 20.0 Å². The lowest BCUT2D eigenvalue weighted by atomic mass is 10.4. The topological polar surface area (TPSA) is 77.0 Å². The molecule has 0 unspecified atom stereocenters. The van der Waals surface area contributed by atoms with Crippen LogP contribution in [0.25, 0.3) is 0 Å². The van der Waals surface area contributed by atoms with Crippen molar-refractivity contribution in [3.05, 3.63) is 27.5 Å². The summed E-state index contributed by atoms with van der Waals surface area (Å²) in [4.78, 5) is 23.0. The molecule has 2 heterocycles. The highest BCUT2D eigenvalue weighted by Crippen LogP contribution is 2.31. The molecule has 0 atom stereocenters. The van der Waals surface area contributed by atoms with Gasteiger partial charge in [-0.15, -0.1) is 0 Å². The van der Waals surface area contributed by atoms with Crippen molar-refractivity contribution in [1.82, 2.24) is 15.0 Å². The third-order valence-corrected chi connectivity index (χ3v) is 3.71. The average molecular weight is 367 g/mol. The van der Waals surface area contributed by atoms with Gasteiger partial charge in [-0.2, -0.15) is 13.2 Å². The van der Waals surface area contributed by atoms with Crippen molar-refractivity contribution in [2.24, 2.45) is 0 Å². The lowest BCUT2D eigenvalue weighted by Crippen LogP contribution is -2.10. The first-order valence-electron chi connectivity index (χ1n) is 6.24. The molecule has 0 spiro atoms. The number of esters is 1. The fraction of sp³-hybridized carbons (Fsp3) is 0.333. The van der Waals surface area contributed by atoms with Crippen LogP contribution in [-0.2, 0) is 10.9 Å². The van der Waals surface area contributed by atoms with E-state index in [4.69, 9.17) is 16.3 Å². The van der Waals surface area contributed by atoms with E-state index in [0.717, 1.165) is 11.3 Å². The SMILES string of the molecule is CCOC(=O)c1sc(Nc2nc(Cl)cc(C(F)(F)F)n2)nc1C. The zero-order valence-electron chi connectivity index (χ0n) is 11.9. The molecule has 2 aromatic rings. The number of anilines is 2. The first kappa shape index (κ1) is 17.4. The van der Waals surface area contributed by atoms with Crippen LogP contribution < -0.4 is 5.32 Å². The molecule has 2 rings (SSSR count). The van der Waals surface area contributed by atoms with Crippen molar-refractivity contribution in [3.8, 4) is 0 Å². The Kier molecular flexibility index (Phi) is 5.05. The first-order chi connectivity index (χ1) is 10.7. The summed E-state index contributed by atoms with van der Waals surface area (Å²) in [6, 6.07) is 0.615. The highest BCUT2D eigenvalue weighted by molar-refractivity contribution is 7.17. The van der Waals surface area contributed by atoms with Gasteiger partial charge in [-0.3, -0.25) is 5.32 Å². The second-order valence-corrected chi connectivity index (χ2v) is 5.56. The Morgan fingerprint density at radius 3 is 2.70 bits per heavy atom. The summed E-state index contributed by atoms with van der Waals surface area (Å²) in [6.07, 6.45) is -4.65. The van der Waals surface area contributed by atoms with Crippen LogP contribution in [0.4, 0.5) is 24.3 Å². The number of carbonyl (C=O) groups is 1. The van der Waals surface area contributed by atoms with Crippen LogP contribution in [0.5, 0.6) is 0 Å². The normalized spacial score (nSPS) is 11.4. The Labute approximate surface area is 137 Å². The van der Waals surface area contributed by atoms with Crippen LogP contribution >= 0.6 is 22.9 Å². The summed E-state index contributed by atoms with van der Waals surface area (Å²) < 4.78 is 42.9. The predicted molar refractivity (Wildman–Crippen MR) is 78.1 cm³/mol. The van der Waals surface area contributed by atoms with Gasteiger partial charge in [0.1, 0.15) is 10.0 Å². The molecule has 0 bridgehead atoms. The predicted octanol–water partition coefficient (Wildman–Crippen LogP) is 3.83. The first-order valence-corrected chi connectivity index (χ1v) is 7.43. The highest BCUT2D eigenvalue weighted by atomic mass is 35.5. The number of halogens is 4. The molecule has 0 aliphatic carbocycles. The Bertz CT molecular complexity index is 736. The van der Waals surface area contributed by atoms with Crippen LogP contribution in [0.1, 0.15) is 28.0 Å². The second-order valence-electron chi connectivity index (χ2n) is 4.18. The number of ether oxygens (including phenoxy) is 1. The van der Waals surface area contributed by atoms with Gasteiger partial charge in [0.05, 0.1) is 12.3 Å². The molecule has 0 saturated carbocycles. The van der Waals surface area contributed by atoms with Gasteiger partial charge < -0.3 is 4.74 Å². The number of alkyl halides is 3. The van der Waals surface area contributed by atoms with Gasteiger partial charge in [-0.1, -0.05) is 22.9 Å². The molecule has 0 radical (unpaired) electrons. The van der Waals surface area contributed by atoms with Crippen molar-refractivity contribution in [2.75, 3.05) is 11.9 Å². The number of rotatable bonds is 4. The molecule has 0 aliphatic rings. The molecule has 6 nitrogen and oxygen atoms in total. The number of nitrogens with one attached hydrogen (secondary N) is 1. The zero-order chi connectivity index (χ0) is 17.2. The Morgan fingerprint density at radius 2 is 2.09 bits per heavy atom. The fourth-order valence-electron chi connectivity index (χ4n) is 1.55. The Hall–Kier alpha value is -1.94. The van der Waals surface area contributed by atoms with Gasteiger partial charge >= 0.3 is 12.1 Å². The third-order valence-electron chi connectivity index (χ3n) is 2.46. The highest BCUT2D eigenvalue weighted by Gasteiger charge is 2.33. The number of hydrogen-bond donors (Lipinski definition) is 1. The summed E-state index contributed by atoms with van der Waals surface area (Å²) in [5, 5.41) is 2.30. The van der Waals surface area contributed by atoms with E-state index in [-0.39, 0.29) is 27.7 Å². The van der Waals surface area contributed by atoms with Crippen molar-refractivity contribution >= 4 is 40.0 Å². The molecule has 124 valence electrons. The van der Waals surface area contributed by atoms with E-state index in [9.17, 15) is 18.0 Å². The van der Waals surface area contributed by atoms with Crippen molar-refractivity contribution in [3.63, 3.8) is 0 Å². The summed E-state index contributed by atoms with van der Waals surface area (Å²) in [5.41, 5.74) is -0.798. The molecular weight excluding hydrogens is 357 g/mol. The van der Waals surface area contributed by atoms with E-state index in [2.05, 4.69) is 20.3 Å². The largest absolute Gasteiger partial charge is 0.462 e. The zero-order valence-corrected chi connectivity index (χ0v) is 13.4. The molecule has 0 aliphatic heterocycles. The van der Waals surface area contributed by atoms with Crippen LogP contribution in [0, 0.1) is 6.92 Å². The number of aromatic nitrogens is 3. The number of hydrogen-bond acceptors (Lipinski definition) is 7. The third kappa shape index (κ3) is 4.29. The van der Waals surface area contributed by atoms with Gasteiger partial charge in [0.25, 0.3) is 0 Å². The minimum atomic E-state index is -4.65. The van der Waals surface area contributed by atoms with E-state index >= 15 is 0 Å². The van der Waals surface area contributed by atoms with Crippen molar-refractivity contribution in [1.29, 1.82) is 0 Å². The molecule has 2 aromatic heterocycles. The van der Waals surface area contributed by atoms with E-state index in [1.165, 1.54) is 0 Å². The molecular formula is C12H10ClF3N4O2S. The quantitative estimate of drug-likeness (QED) is 0.654. The minimum absolute atomic E-state index is 0.154. The van der Waals surface area contributed by atoms with Crippen LogP contribution in [-0.4, -0.2) is 27.5 Å². The van der Waals surface area contributed by atoms with Gasteiger partial charge in [0.15, 0.2) is 10.8 Å². The average Bonchev–Trinajstić information content (AvgIpc) is 2.78. The maximum absolute atomic E-state index is 12.7. The number of nitrogens with zero attached hydrogens (tertiary/aromatic N) is 3. The Morgan fingerprint density at radius 1 is 1.39 bits per heavy atom. The van der Waals surface area contributed by atoms with Crippen molar-refractivity contribution < 1.29 is 22.7 Å². The van der Waals surface area contributed by atoms with Gasteiger partial charge in [0, 0.05) is 6.07 Å². The number of aryl methyl sites for hydroxylation is 1. The smallest absolute Gasteiger partial charge is 0.433 e. The molecule has 0 fully saturated rings. The van der Waals surface area contributed by atoms with E-state index < -0.39 is 17.8 Å². The fourth-order valence-corrected chi connectivity index (χ4v) is 2.59. The molecule has 0 saturated heterocycles. The summed E-state index contributed by atoms with van der Waals surface area (Å²) >= 11 is 6.49. The van der Waals surface area contributed by atoms with E-state index in [1.54, 1.807) is 13.8 Å². The van der Waals surface area contributed by atoms with Crippen LogP contribution in [0.15, 0.2) is 6.07 Å². The number of thiazole rings is 1. The van der Waals surface area contributed by atoms with Gasteiger partial charge in [-0.05, 0) is 13.8 Å². The standard InChI is InChI=1S/C12H10ClF3N4O2S/c1-3-22-9(21)8-5(2)17-11(23-8)20-10-18-6(12(14,15)16)4-7(13)19-10/h4H,3H2,1-2H3,(H,17,18,19,20). The maximum atomic E-state index is 12.7. The molecule has 11 heteroatoms. The lowest BCUT2D eigenvalue weighted by Gasteiger charge is -2.08. The van der Waals surface area contributed by atoms with Crippen LogP contribution in [0.2, 0.25) is 5.15 Å². The summed E-state index contributed by atoms with van der Waals surface area (Å²) in [7, 11) is 0. The van der Waals surface area contributed by atoms with E-state index in [0.29, 0.717) is 11.8 Å². The number of carbonyl (C=O) groups excluding carboxylic acids is 1. The monoisotopic (exact) mass is 366 g/mol. The molecule has 1 N–H and O–H groups in total. The maximum Gasteiger partial charge on any atom is 0.433 e.